The molecule has 0 radical (unpaired) electrons. The summed E-state index contributed by atoms with van der Waals surface area (Å²) in [4.78, 5) is 19.7. The minimum atomic E-state index is -3.29. The first-order valence-corrected chi connectivity index (χ1v) is 12.1. The molecule has 0 unspecified atom stereocenters. The number of furan rings is 1. The van der Waals surface area contributed by atoms with E-state index in [4.69, 9.17) is 9.15 Å². The molecule has 160 valence electrons. The average molecular weight is 457 g/mol. The molecular formula is C22H20N2O5S2. The van der Waals surface area contributed by atoms with E-state index in [0.717, 1.165) is 16.5 Å². The summed E-state index contributed by atoms with van der Waals surface area (Å²) < 4.78 is 35.0. The summed E-state index contributed by atoms with van der Waals surface area (Å²) >= 11 is 1.41. The van der Waals surface area contributed by atoms with Gasteiger partial charge in [-0.05, 0) is 42.0 Å². The average Bonchev–Trinajstić information content (AvgIpc) is 3.40. The zero-order valence-electron chi connectivity index (χ0n) is 16.9. The first-order valence-electron chi connectivity index (χ1n) is 9.40. The Morgan fingerprint density at radius 2 is 1.94 bits per heavy atom. The van der Waals surface area contributed by atoms with Crippen LogP contribution in [0.1, 0.15) is 11.3 Å². The van der Waals surface area contributed by atoms with Crippen LogP contribution in [0, 0.1) is 0 Å². The number of benzene rings is 2. The molecule has 0 fully saturated rings. The highest BCUT2D eigenvalue weighted by molar-refractivity contribution is 7.90. The van der Waals surface area contributed by atoms with E-state index >= 15 is 0 Å². The van der Waals surface area contributed by atoms with Gasteiger partial charge in [-0.1, -0.05) is 23.5 Å². The summed E-state index contributed by atoms with van der Waals surface area (Å²) in [6, 6.07) is 15.5. The lowest BCUT2D eigenvalue weighted by Gasteiger charge is -2.19. The number of sulfone groups is 1. The second kappa shape index (κ2) is 8.52. The Morgan fingerprint density at radius 3 is 2.58 bits per heavy atom. The molecule has 2 heterocycles. The molecule has 0 N–H and O–H groups in total. The van der Waals surface area contributed by atoms with Crippen LogP contribution >= 0.6 is 11.3 Å². The Labute approximate surface area is 183 Å². The fourth-order valence-electron chi connectivity index (χ4n) is 3.08. The monoisotopic (exact) mass is 456 g/mol. The quantitative estimate of drug-likeness (QED) is 0.416. The Balaban J connectivity index is 1.64. The van der Waals surface area contributed by atoms with Crippen LogP contribution in [-0.4, -0.2) is 32.7 Å². The number of hydrogen-bond acceptors (Lipinski definition) is 7. The number of aromatic nitrogens is 1. The lowest BCUT2D eigenvalue weighted by molar-refractivity contribution is -0.118. The molecule has 2 aromatic heterocycles. The Morgan fingerprint density at radius 1 is 1.16 bits per heavy atom. The van der Waals surface area contributed by atoms with Crippen molar-refractivity contribution >= 4 is 42.4 Å². The number of nitrogens with zero attached hydrogens (tertiary/aromatic N) is 2. The van der Waals surface area contributed by atoms with Crippen LogP contribution < -0.4 is 9.64 Å². The number of anilines is 1. The predicted molar refractivity (Wildman–Crippen MR) is 119 cm³/mol. The minimum Gasteiger partial charge on any atom is -0.497 e. The predicted octanol–water partition coefficient (Wildman–Crippen LogP) is 4.08. The van der Waals surface area contributed by atoms with Gasteiger partial charge >= 0.3 is 0 Å². The van der Waals surface area contributed by atoms with Gasteiger partial charge in [-0.25, -0.2) is 13.4 Å². The number of ether oxygens (including phenoxy) is 1. The molecule has 1 amide bonds. The van der Waals surface area contributed by atoms with Crippen molar-refractivity contribution in [1.82, 2.24) is 4.98 Å². The van der Waals surface area contributed by atoms with Crippen molar-refractivity contribution in [2.24, 2.45) is 0 Å². The number of thiazole rings is 1. The van der Waals surface area contributed by atoms with Crippen molar-refractivity contribution in [1.29, 1.82) is 0 Å². The normalized spacial score (nSPS) is 11.5. The summed E-state index contributed by atoms with van der Waals surface area (Å²) in [5.41, 5.74) is 1.46. The Kier molecular flexibility index (Phi) is 5.79. The highest BCUT2D eigenvalue weighted by Crippen LogP contribution is 2.32. The minimum absolute atomic E-state index is 0.101. The van der Waals surface area contributed by atoms with Gasteiger partial charge in [0.1, 0.15) is 11.5 Å². The third kappa shape index (κ3) is 4.78. The Bertz CT molecular complexity index is 1310. The van der Waals surface area contributed by atoms with Gasteiger partial charge in [-0.15, -0.1) is 0 Å². The number of fused-ring (bicyclic) bond motifs is 1. The topological polar surface area (TPSA) is 89.7 Å². The summed E-state index contributed by atoms with van der Waals surface area (Å²) in [6.07, 6.45) is 2.81. The van der Waals surface area contributed by atoms with Gasteiger partial charge in [0.25, 0.3) is 0 Å². The second-order valence-electron chi connectivity index (χ2n) is 6.98. The third-order valence-electron chi connectivity index (χ3n) is 4.72. The smallest absolute Gasteiger partial charge is 0.233 e. The maximum absolute atomic E-state index is 13.2. The van der Waals surface area contributed by atoms with E-state index in [1.807, 2.05) is 18.2 Å². The van der Waals surface area contributed by atoms with Crippen molar-refractivity contribution < 1.29 is 22.4 Å². The van der Waals surface area contributed by atoms with Gasteiger partial charge in [-0.3, -0.25) is 9.69 Å². The molecule has 7 nitrogen and oxygen atoms in total. The lowest BCUT2D eigenvalue weighted by atomic mass is 10.1. The number of amides is 1. The molecular weight excluding hydrogens is 436 g/mol. The fourth-order valence-corrected chi connectivity index (χ4v) is 4.68. The molecule has 0 aliphatic heterocycles. The second-order valence-corrected chi connectivity index (χ2v) is 10.0. The van der Waals surface area contributed by atoms with Gasteiger partial charge in [-0.2, -0.15) is 0 Å². The van der Waals surface area contributed by atoms with Crippen molar-refractivity contribution in [3.05, 3.63) is 72.2 Å². The first kappa shape index (κ1) is 21.1. The highest BCUT2D eigenvalue weighted by atomic mass is 32.2. The van der Waals surface area contributed by atoms with Gasteiger partial charge in [0.15, 0.2) is 15.0 Å². The van der Waals surface area contributed by atoms with E-state index in [2.05, 4.69) is 4.98 Å². The van der Waals surface area contributed by atoms with E-state index < -0.39 is 9.84 Å². The molecule has 2 aromatic carbocycles. The molecule has 0 saturated heterocycles. The van der Waals surface area contributed by atoms with Crippen LogP contribution in [0.15, 0.2) is 70.2 Å². The zero-order valence-corrected chi connectivity index (χ0v) is 18.6. The summed E-state index contributed by atoms with van der Waals surface area (Å²) in [6.45, 7) is 0.240. The van der Waals surface area contributed by atoms with Gasteiger partial charge in [0.05, 0.1) is 41.5 Å². The molecule has 0 saturated carbocycles. The van der Waals surface area contributed by atoms with Gasteiger partial charge < -0.3 is 9.15 Å². The number of carbonyl (C=O) groups is 1. The summed E-state index contributed by atoms with van der Waals surface area (Å²) in [5.74, 6) is 1.16. The van der Waals surface area contributed by atoms with Crippen molar-refractivity contribution in [2.75, 3.05) is 18.3 Å². The number of hydrogen-bond donors (Lipinski definition) is 0. The SMILES string of the molecule is COc1ccc2sc(N(Cc3ccco3)C(=O)Cc3ccc(S(C)(=O)=O)cc3)nc2c1. The van der Waals surface area contributed by atoms with Crippen LogP contribution in [0.3, 0.4) is 0 Å². The van der Waals surface area contributed by atoms with E-state index in [9.17, 15) is 13.2 Å². The van der Waals surface area contributed by atoms with Crippen LogP contribution in [0.5, 0.6) is 5.75 Å². The summed E-state index contributed by atoms with van der Waals surface area (Å²) in [7, 11) is -1.70. The largest absolute Gasteiger partial charge is 0.497 e. The van der Waals surface area contributed by atoms with Crippen molar-refractivity contribution in [3.8, 4) is 5.75 Å². The molecule has 0 spiro atoms. The number of methoxy groups -OCH3 is 1. The van der Waals surface area contributed by atoms with Crippen LogP contribution in [0.25, 0.3) is 10.2 Å². The molecule has 0 aliphatic carbocycles. The fraction of sp³-hybridized carbons (Fsp3) is 0.182. The Hall–Kier alpha value is -3.17. The van der Waals surface area contributed by atoms with Crippen molar-refractivity contribution in [3.63, 3.8) is 0 Å². The van der Waals surface area contributed by atoms with E-state index in [1.165, 1.54) is 23.5 Å². The number of carbonyl (C=O) groups excluding carboxylic acids is 1. The molecule has 4 aromatic rings. The summed E-state index contributed by atoms with van der Waals surface area (Å²) in [5, 5.41) is 0.553. The molecule has 0 aliphatic rings. The first-order chi connectivity index (χ1) is 14.8. The van der Waals surface area contributed by atoms with E-state index in [-0.39, 0.29) is 23.8 Å². The van der Waals surface area contributed by atoms with E-state index in [1.54, 1.807) is 42.5 Å². The molecule has 0 bridgehead atoms. The molecule has 9 heteroatoms. The molecule has 4 rings (SSSR count). The third-order valence-corrected chi connectivity index (χ3v) is 6.90. The molecule has 31 heavy (non-hydrogen) atoms. The van der Waals surface area contributed by atoms with E-state index in [0.29, 0.717) is 22.2 Å². The number of rotatable bonds is 7. The van der Waals surface area contributed by atoms with Gasteiger partial charge in [0.2, 0.25) is 5.91 Å². The standard InChI is InChI=1S/C22H20N2O5S2/c1-28-16-7-10-20-19(13-16)23-22(30-20)24(14-17-4-3-11-29-17)21(25)12-15-5-8-18(9-6-15)31(2,26)27/h3-11,13H,12,14H2,1-2H3. The maximum atomic E-state index is 13.2. The van der Waals surface area contributed by atoms with Gasteiger partial charge in [0, 0.05) is 12.3 Å². The lowest BCUT2D eigenvalue weighted by Crippen LogP contribution is -2.31. The van der Waals surface area contributed by atoms with Crippen LogP contribution in [0.2, 0.25) is 0 Å². The van der Waals surface area contributed by atoms with Crippen LogP contribution in [0.4, 0.5) is 5.13 Å². The molecule has 0 atom stereocenters. The van der Waals surface area contributed by atoms with Crippen LogP contribution in [-0.2, 0) is 27.6 Å². The highest BCUT2D eigenvalue weighted by Gasteiger charge is 2.22. The van der Waals surface area contributed by atoms with Crippen molar-refractivity contribution in [2.45, 2.75) is 17.9 Å². The zero-order chi connectivity index (χ0) is 22.0. The maximum Gasteiger partial charge on any atom is 0.233 e.